The van der Waals surface area contributed by atoms with Crippen LogP contribution in [0.5, 0.6) is 0 Å². The van der Waals surface area contributed by atoms with Crippen LogP contribution < -0.4 is 11.1 Å². The number of carbonyl (C=O) groups is 2. The predicted molar refractivity (Wildman–Crippen MR) is 48.8 cm³/mol. The average Bonchev–Trinajstić information content (AvgIpc) is 2.60. The van der Waals surface area contributed by atoms with E-state index in [1.807, 2.05) is 0 Å². The minimum Gasteiger partial charge on any atom is -0.370 e. The molecule has 1 saturated carbocycles. The van der Waals surface area contributed by atoms with E-state index in [0.717, 1.165) is 12.8 Å². The Morgan fingerprint density at radius 1 is 1.46 bits per heavy atom. The van der Waals surface area contributed by atoms with Crippen molar-refractivity contribution in [3.63, 3.8) is 0 Å². The van der Waals surface area contributed by atoms with Crippen LogP contribution in [0.15, 0.2) is 0 Å². The van der Waals surface area contributed by atoms with Gasteiger partial charge in [-0.3, -0.25) is 9.59 Å². The first-order valence-corrected chi connectivity index (χ1v) is 4.51. The number of carbonyl (C=O) groups excluding carboxylic acids is 2. The fourth-order valence-corrected chi connectivity index (χ4v) is 1.26. The van der Waals surface area contributed by atoms with Crippen LogP contribution in [0.25, 0.3) is 0 Å². The molecule has 1 fully saturated rings. The Balaban J connectivity index is 2.39. The second kappa shape index (κ2) is 3.36. The van der Waals surface area contributed by atoms with Gasteiger partial charge in [-0.1, -0.05) is 0 Å². The van der Waals surface area contributed by atoms with Crippen molar-refractivity contribution in [2.45, 2.75) is 38.6 Å². The normalized spacial score (nSPS) is 16.8. The van der Waals surface area contributed by atoms with E-state index in [1.54, 1.807) is 13.8 Å². The van der Waals surface area contributed by atoms with E-state index in [0.29, 0.717) is 0 Å². The highest BCUT2D eigenvalue weighted by Crippen LogP contribution is 2.29. The van der Waals surface area contributed by atoms with Gasteiger partial charge in [-0.15, -0.1) is 0 Å². The van der Waals surface area contributed by atoms with Crippen molar-refractivity contribution >= 4 is 11.8 Å². The van der Waals surface area contributed by atoms with E-state index < -0.39 is 5.54 Å². The quantitative estimate of drug-likeness (QED) is 0.653. The third-order valence-corrected chi connectivity index (χ3v) is 2.03. The summed E-state index contributed by atoms with van der Waals surface area (Å²) in [6.07, 6.45) is 2.13. The molecule has 4 heteroatoms. The molecule has 1 aliphatic carbocycles. The van der Waals surface area contributed by atoms with Crippen LogP contribution in [0.4, 0.5) is 0 Å². The van der Waals surface area contributed by atoms with Gasteiger partial charge in [-0.2, -0.15) is 0 Å². The number of nitrogens with one attached hydrogen (secondary N) is 1. The summed E-state index contributed by atoms with van der Waals surface area (Å²) in [5, 5.41) is 2.81. The number of hydrogen-bond acceptors (Lipinski definition) is 2. The molecule has 1 aliphatic rings. The van der Waals surface area contributed by atoms with Crippen LogP contribution >= 0.6 is 0 Å². The minimum absolute atomic E-state index is 0.0475. The standard InChI is InChI=1S/C9H16N2O2/c1-9(2,5-7(10)12)11-8(13)6-3-4-6/h6H,3-5H2,1-2H3,(H2,10,12)(H,11,13). The summed E-state index contributed by atoms with van der Waals surface area (Å²) in [6, 6.07) is 0. The first-order valence-electron chi connectivity index (χ1n) is 4.51. The van der Waals surface area contributed by atoms with Gasteiger partial charge < -0.3 is 11.1 Å². The molecule has 3 N–H and O–H groups in total. The van der Waals surface area contributed by atoms with Gasteiger partial charge in [-0.05, 0) is 26.7 Å². The van der Waals surface area contributed by atoms with Crippen molar-refractivity contribution in [2.75, 3.05) is 0 Å². The summed E-state index contributed by atoms with van der Waals surface area (Å²) in [5.74, 6) is -0.167. The molecular weight excluding hydrogens is 168 g/mol. The monoisotopic (exact) mass is 184 g/mol. The fraction of sp³-hybridized carbons (Fsp3) is 0.778. The molecule has 0 aromatic heterocycles. The van der Waals surface area contributed by atoms with Crippen LogP contribution in [0.3, 0.4) is 0 Å². The van der Waals surface area contributed by atoms with Crippen molar-refractivity contribution in [3.05, 3.63) is 0 Å². The van der Waals surface area contributed by atoms with E-state index in [-0.39, 0.29) is 24.2 Å². The van der Waals surface area contributed by atoms with E-state index in [1.165, 1.54) is 0 Å². The molecule has 0 spiro atoms. The van der Waals surface area contributed by atoms with Crippen LogP contribution in [-0.4, -0.2) is 17.4 Å². The Morgan fingerprint density at radius 3 is 2.38 bits per heavy atom. The lowest BCUT2D eigenvalue weighted by atomic mass is 10.00. The smallest absolute Gasteiger partial charge is 0.223 e. The van der Waals surface area contributed by atoms with Crippen molar-refractivity contribution in [1.29, 1.82) is 0 Å². The minimum atomic E-state index is -0.508. The van der Waals surface area contributed by atoms with E-state index in [2.05, 4.69) is 5.32 Å². The molecule has 74 valence electrons. The zero-order valence-corrected chi connectivity index (χ0v) is 8.09. The summed E-state index contributed by atoms with van der Waals surface area (Å²) in [6.45, 7) is 3.61. The predicted octanol–water partition coefficient (Wildman–Crippen LogP) is 0.167. The van der Waals surface area contributed by atoms with Gasteiger partial charge in [0.15, 0.2) is 0 Å². The fourth-order valence-electron chi connectivity index (χ4n) is 1.26. The summed E-state index contributed by atoms with van der Waals surface area (Å²) in [5.41, 5.74) is 4.55. The Labute approximate surface area is 77.9 Å². The van der Waals surface area contributed by atoms with Gasteiger partial charge >= 0.3 is 0 Å². The highest BCUT2D eigenvalue weighted by molar-refractivity contribution is 5.83. The molecule has 0 bridgehead atoms. The van der Waals surface area contributed by atoms with Gasteiger partial charge in [-0.25, -0.2) is 0 Å². The summed E-state index contributed by atoms with van der Waals surface area (Å²) < 4.78 is 0. The number of rotatable bonds is 4. The molecule has 0 aliphatic heterocycles. The Bertz CT molecular complexity index is 232. The molecule has 0 saturated heterocycles. The highest BCUT2D eigenvalue weighted by Gasteiger charge is 2.33. The van der Waals surface area contributed by atoms with Crippen molar-refractivity contribution in [2.24, 2.45) is 11.7 Å². The molecule has 0 radical (unpaired) electrons. The topological polar surface area (TPSA) is 72.2 Å². The second-order valence-electron chi connectivity index (χ2n) is 4.29. The first-order chi connectivity index (χ1) is 5.91. The molecule has 0 heterocycles. The Morgan fingerprint density at radius 2 is 2.00 bits per heavy atom. The average molecular weight is 184 g/mol. The lowest BCUT2D eigenvalue weighted by Gasteiger charge is -2.24. The van der Waals surface area contributed by atoms with Crippen molar-refractivity contribution in [3.8, 4) is 0 Å². The van der Waals surface area contributed by atoms with Crippen molar-refractivity contribution < 1.29 is 9.59 Å². The lowest BCUT2D eigenvalue weighted by molar-refractivity contribution is -0.125. The molecule has 0 aromatic rings. The summed E-state index contributed by atoms with van der Waals surface area (Å²) >= 11 is 0. The summed E-state index contributed by atoms with van der Waals surface area (Å²) in [7, 11) is 0. The van der Waals surface area contributed by atoms with E-state index in [4.69, 9.17) is 5.73 Å². The molecular formula is C9H16N2O2. The van der Waals surface area contributed by atoms with Gasteiger partial charge in [0.2, 0.25) is 11.8 Å². The number of nitrogens with two attached hydrogens (primary N) is 1. The maximum absolute atomic E-state index is 11.3. The second-order valence-corrected chi connectivity index (χ2v) is 4.29. The maximum atomic E-state index is 11.3. The number of primary amides is 1. The third-order valence-electron chi connectivity index (χ3n) is 2.03. The molecule has 0 aromatic carbocycles. The highest BCUT2D eigenvalue weighted by atomic mass is 16.2. The molecule has 1 rings (SSSR count). The largest absolute Gasteiger partial charge is 0.370 e. The van der Waals surface area contributed by atoms with E-state index >= 15 is 0 Å². The number of amides is 2. The van der Waals surface area contributed by atoms with E-state index in [9.17, 15) is 9.59 Å². The zero-order valence-electron chi connectivity index (χ0n) is 8.09. The maximum Gasteiger partial charge on any atom is 0.223 e. The lowest BCUT2D eigenvalue weighted by Crippen LogP contribution is -2.46. The van der Waals surface area contributed by atoms with Gasteiger partial charge in [0.1, 0.15) is 0 Å². The van der Waals surface area contributed by atoms with Gasteiger partial charge in [0.05, 0.1) is 0 Å². The summed E-state index contributed by atoms with van der Waals surface area (Å²) in [4.78, 5) is 22.0. The molecule has 0 atom stereocenters. The zero-order chi connectivity index (χ0) is 10.1. The molecule has 2 amide bonds. The first kappa shape index (κ1) is 10.0. The van der Waals surface area contributed by atoms with Gasteiger partial charge in [0, 0.05) is 17.9 Å². The molecule has 13 heavy (non-hydrogen) atoms. The van der Waals surface area contributed by atoms with Crippen LogP contribution in [0, 0.1) is 5.92 Å². The molecule has 4 nitrogen and oxygen atoms in total. The van der Waals surface area contributed by atoms with Crippen molar-refractivity contribution in [1.82, 2.24) is 5.32 Å². The van der Waals surface area contributed by atoms with Crippen LogP contribution in [0.1, 0.15) is 33.1 Å². The third kappa shape index (κ3) is 3.44. The Kier molecular flexibility index (Phi) is 2.59. The number of hydrogen-bond donors (Lipinski definition) is 2. The van der Waals surface area contributed by atoms with Crippen LogP contribution in [-0.2, 0) is 9.59 Å². The Hall–Kier alpha value is -1.06. The van der Waals surface area contributed by atoms with Crippen LogP contribution in [0.2, 0.25) is 0 Å². The molecule has 0 unspecified atom stereocenters. The SMILES string of the molecule is CC(C)(CC(N)=O)NC(=O)C1CC1. The van der Waals surface area contributed by atoms with Gasteiger partial charge in [0.25, 0.3) is 0 Å².